The molecule has 1 aromatic heterocycles. The SMILES string of the molecule is N#Cc1c(N2CCC(N3CCC4(CCC4)C3)CC2)c2ccccc2[nH]c1=O. The molecule has 3 aliphatic rings. The fourth-order valence-corrected chi connectivity index (χ4v) is 5.48. The molecule has 3 heterocycles. The predicted molar refractivity (Wildman–Crippen MR) is 107 cm³/mol. The number of para-hydroxylation sites is 1. The van der Waals surface area contributed by atoms with Gasteiger partial charge in [0, 0.05) is 31.1 Å². The third-order valence-corrected chi connectivity index (χ3v) is 7.19. The van der Waals surface area contributed by atoms with Crippen molar-refractivity contribution in [1.82, 2.24) is 9.88 Å². The number of aromatic nitrogens is 1. The molecule has 2 aliphatic heterocycles. The van der Waals surface area contributed by atoms with E-state index in [9.17, 15) is 10.1 Å². The number of pyridine rings is 1. The Morgan fingerprint density at radius 2 is 1.89 bits per heavy atom. The minimum atomic E-state index is -0.278. The quantitative estimate of drug-likeness (QED) is 0.891. The molecule has 27 heavy (non-hydrogen) atoms. The molecule has 2 aromatic rings. The Balaban J connectivity index is 1.38. The molecule has 0 amide bonds. The first-order chi connectivity index (χ1) is 13.2. The Labute approximate surface area is 159 Å². The predicted octanol–water partition coefficient (Wildman–Crippen LogP) is 3.24. The van der Waals surface area contributed by atoms with E-state index in [1.807, 2.05) is 24.3 Å². The molecular weight excluding hydrogens is 336 g/mol. The van der Waals surface area contributed by atoms with E-state index in [1.54, 1.807) is 0 Å². The number of nitriles is 1. The van der Waals surface area contributed by atoms with Gasteiger partial charge >= 0.3 is 0 Å². The zero-order valence-corrected chi connectivity index (χ0v) is 15.7. The van der Waals surface area contributed by atoms with E-state index in [4.69, 9.17) is 0 Å². The van der Waals surface area contributed by atoms with Gasteiger partial charge in [-0.3, -0.25) is 9.69 Å². The van der Waals surface area contributed by atoms with Crippen LogP contribution in [0.5, 0.6) is 0 Å². The number of likely N-dealkylation sites (tertiary alicyclic amines) is 1. The topological polar surface area (TPSA) is 63.1 Å². The maximum absolute atomic E-state index is 12.4. The molecule has 140 valence electrons. The number of nitrogens with one attached hydrogen (secondary N) is 1. The van der Waals surface area contributed by atoms with Crippen molar-refractivity contribution in [3.05, 3.63) is 40.2 Å². The number of piperidine rings is 1. The highest BCUT2D eigenvalue weighted by atomic mass is 16.1. The van der Waals surface area contributed by atoms with Gasteiger partial charge in [0.2, 0.25) is 0 Å². The zero-order chi connectivity index (χ0) is 18.4. The van der Waals surface area contributed by atoms with Gasteiger partial charge in [-0.2, -0.15) is 5.26 Å². The van der Waals surface area contributed by atoms with Crippen LogP contribution in [0.1, 0.15) is 44.1 Å². The van der Waals surface area contributed by atoms with Gasteiger partial charge in [-0.25, -0.2) is 0 Å². The lowest BCUT2D eigenvalue weighted by Gasteiger charge is -2.41. The third kappa shape index (κ3) is 2.74. The van der Waals surface area contributed by atoms with Crippen molar-refractivity contribution < 1.29 is 0 Å². The summed E-state index contributed by atoms with van der Waals surface area (Å²) in [4.78, 5) is 20.2. The van der Waals surface area contributed by atoms with Crippen molar-refractivity contribution in [3.8, 4) is 6.07 Å². The summed E-state index contributed by atoms with van der Waals surface area (Å²) >= 11 is 0. The molecule has 5 heteroatoms. The highest BCUT2D eigenvalue weighted by molar-refractivity contribution is 5.94. The van der Waals surface area contributed by atoms with Crippen LogP contribution in [0.2, 0.25) is 0 Å². The molecule has 1 spiro atoms. The van der Waals surface area contributed by atoms with Gasteiger partial charge in [-0.05, 0) is 50.1 Å². The standard InChI is InChI=1S/C22H26N4O/c23-14-18-20(17-4-1-2-5-19(17)24-21(18)27)25-11-6-16(7-12-25)26-13-10-22(15-26)8-3-9-22/h1-2,4-5,16H,3,6-13,15H2,(H,24,27). The molecule has 1 N–H and O–H groups in total. The van der Waals surface area contributed by atoms with Crippen molar-refractivity contribution in [2.45, 2.75) is 44.6 Å². The van der Waals surface area contributed by atoms with Crippen molar-refractivity contribution in [3.63, 3.8) is 0 Å². The first kappa shape index (κ1) is 16.8. The summed E-state index contributed by atoms with van der Waals surface area (Å²) in [6, 6.07) is 10.6. The monoisotopic (exact) mass is 362 g/mol. The van der Waals surface area contributed by atoms with Crippen LogP contribution in [0.3, 0.4) is 0 Å². The van der Waals surface area contributed by atoms with E-state index >= 15 is 0 Å². The summed E-state index contributed by atoms with van der Waals surface area (Å²) in [5.74, 6) is 0. The largest absolute Gasteiger partial charge is 0.370 e. The highest BCUT2D eigenvalue weighted by Crippen LogP contribution is 2.49. The summed E-state index contributed by atoms with van der Waals surface area (Å²) in [5, 5.41) is 10.6. The number of H-pyrrole nitrogens is 1. The molecule has 1 aromatic carbocycles. The normalized spacial score (nSPS) is 22.9. The fourth-order valence-electron chi connectivity index (χ4n) is 5.48. The molecule has 5 nitrogen and oxygen atoms in total. The average molecular weight is 362 g/mol. The fraction of sp³-hybridized carbons (Fsp3) is 0.545. The van der Waals surface area contributed by atoms with Gasteiger partial charge in [-0.1, -0.05) is 24.6 Å². The molecule has 0 atom stereocenters. The first-order valence-electron chi connectivity index (χ1n) is 10.2. The Morgan fingerprint density at radius 1 is 1.11 bits per heavy atom. The zero-order valence-electron chi connectivity index (χ0n) is 15.7. The van der Waals surface area contributed by atoms with Crippen LogP contribution in [0.25, 0.3) is 10.9 Å². The summed E-state index contributed by atoms with van der Waals surface area (Å²) in [6.45, 7) is 4.36. The van der Waals surface area contributed by atoms with Crippen molar-refractivity contribution in [2.75, 3.05) is 31.1 Å². The molecule has 0 radical (unpaired) electrons. The minimum Gasteiger partial charge on any atom is -0.370 e. The van der Waals surface area contributed by atoms with Gasteiger partial charge in [0.1, 0.15) is 11.6 Å². The first-order valence-corrected chi connectivity index (χ1v) is 10.2. The van der Waals surface area contributed by atoms with Crippen LogP contribution in [0.15, 0.2) is 29.1 Å². The lowest BCUT2D eigenvalue weighted by Crippen LogP contribution is -2.46. The second-order valence-electron chi connectivity index (χ2n) is 8.63. The summed E-state index contributed by atoms with van der Waals surface area (Å²) in [6.07, 6.45) is 7.87. The highest BCUT2D eigenvalue weighted by Gasteiger charge is 2.44. The smallest absolute Gasteiger partial charge is 0.268 e. The van der Waals surface area contributed by atoms with E-state index in [0.717, 1.165) is 42.5 Å². The van der Waals surface area contributed by atoms with Gasteiger partial charge in [0.15, 0.2) is 0 Å². The molecule has 1 aliphatic carbocycles. The third-order valence-electron chi connectivity index (χ3n) is 7.19. The Kier molecular flexibility index (Phi) is 3.98. The molecule has 3 fully saturated rings. The molecule has 2 saturated heterocycles. The molecule has 5 rings (SSSR count). The van der Waals surface area contributed by atoms with E-state index in [2.05, 4.69) is 20.9 Å². The van der Waals surface area contributed by atoms with Crippen LogP contribution in [0, 0.1) is 16.7 Å². The van der Waals surface area contributed by atoms with Crippen molar-refractivity contribution in [1.29, 1.82) is 5.26 Å². The number of benzene rings is 1. The number of hydrogen-bond donors (Lipinski definition) is 1. The lowest BCUT2D eigenvalue weighted by molar-refractivity contribution is 0.116. The summed E-state index contributed by atoms with van der Waals surface area (Å²) < 4.78 is 0. The maximum Gasteiger partial charge on any atom is 0.268 e. The van der Waals surface area contributed by atoms with Crippen LogP contribution < -0.4 is 10.5 Å². The Morgan fingerprint density at radius 3 is 2.56 bits per heavy atom. The van der Waals surface area contributed by atoms with Crippen molar-refractivity contribution in [2.24, 2.45) is 5.41 Å². The van der Waals surface area contributed by atoms with Crippen LogP contribution >= 0.6 is 0 Å². The average Bonchev–Trinajstić information content (AvgIpc) is 3.13. The van der Waals surface area contributed by atoms with Gasteiger partial charge < -0.3 is 9.88 Å². The van der Waals surface area contributed by atoms with Gasteiger partial charge in [-0.15, -0.1) is 0 Å². The van der Waals surface area contributed by atoms with Crippen LogP contribution in [-0.4, -0.2) is 42.1 Å². The lowest BCUT2D eigenvalue weighted by atomic mass is 9.68. The minimum absolute atomic E-state index is 0.252. The van der Waals surface area contributed by atoms with Gasteiger partial charge in [0.25, 0.3) is 5.56 Å². The Bertz CT molecular complexity index is 960. The summed E-state index contributed by atoms with van der Waals surface area (Å²) in [5.41, 5.74) is 2.26. The van der Waals surface area contributed by atoms with E-state index < -0.39 is 0 Å². The van der Waals surface area contributed by atoms with Crippen LogP contribution in [-0.2, 0) is 0 Å². The molecule has 1 saturated carbocycles. The van der Waals surface area contributed by atoms with Crippen molar-refractivity contribution >= 4 is 16.6 Å². The van der Waals surface area contributed by atoms with E-state index in [0.29, 0.717) is 11.5 Å². The van der Waals surface area contributed by atoms with Crippen LogP contribution in [0.4, 0.5) is 5.69 Å². The molecule has 0 unspecified atom stereocenters. The summed E-state index contributed by atoms with van der Waals surface area (Å²) in [7, 11) is 0. The number of fused-ring (bicyclic) bond motifs is 1. The van der Waals surface area contributed by atoms with E-state index in [1.165, 1.54) is 38.8 Å². The molecular formula is C22H26N4O. The number of hydrogen-bond acceptors (Lipinski definition) is 4. The number of nitrogens with zero attached hydrogens (tertiary/aromatic N) is 3. The van der Waals surface area contributed by atoms with Gasteiger partial charge in [0.05, 0.1) is 11.2 Å². The number of aromatic amines is 1. The maximum atomic E-state index is 12.4. The van der Waals surface area contributed by atoms with E-state index in [-0.39, 0.29) is 11.1 Å². The Hall–Kier alpha value is -2.32. The number of anilines is 1. The number of rotatable bonds is 2. The second-order valence-corrected chi connectivity index (χ2v) is 8.63. The molecule has 0 bridgehead atoms. The second kappa shape index (κ2) is 6.38.